The molecule has 2 aromatic rings. The van der Waals surface area contributed by atoms with E-state index in [4.69, 9.17) is 10.5 Å². The van der Waals surface area contributed by atoms with Gasteiger partial charge < -0.3 is 10.5 Å². The third-order valence-corrected chi connectivity index (χ3v) is 3.46. The summed E-state index contributed by atoms with van der Waals surface area (Å²) < 4.78 is 5.39. The zero-order valence-corrected chi connectivity index (χ0v) is 11.5. The number of benzene rings is 1. The molecule has 1 atom stereocenters. The highest BCUT2D eigenvalue weighted by molar-refractivity contribution is 5.34. The van der Waals surface area contributed by atoms with Crippen molar-refractivity contribution in [1.82, 2.24) is 4.98 Å². The lowest BCUT2D eigenvalue weighted by atomic mass is 9.85. The lowest BCUT2D eigenvalue weighted by Crippen LogP contribution is -2.39. The molecular formula is C16H20N2O. The predicted octanol–water partition coefficient (Wildman–Crippen LogP) is 2.90. The van der Waals surface area contributed by atoms with E-state index in [1.165, 1.54) is 5.56 Å². The molecule has 2 rings (SSSR count). The van der Waals surface area contributed by atoms with Crippen LogP contribution < -0.4 is 10.5 Å². The average Bonchev–Trinajstić information content (AvgIpc) is 2.48. The van der Waals surface area contributed by atoms with Crippen LogP contribution in [0.25, 0.3) is 0 Å². The van der Waals surface area contributed by atoms with Crippen LogP contribution in [0.4, 0.5) is 0 Å². The van der Waals surface area contributed by atoms with Gasteiger partial charge in [0.25, 0.3) is 0 Å². The molecule has 3 nitrogen and oxygen atoms in total. The Morgan fingerprint density at radius 2 is 1.89 bits per heavy atom. The van der Waals surface area contributed by atoms with Gasteiger partial charge in [-0.2, -0.15) is 0 Å². The maximum Gasteiger partial charge on any atom is 0.142 e. The minimum absolute atomic E-state index is 0.506. The Bertz CT molecular complexity index is 527. The Morgan fingerprint density at radius 1 is 1.16 bits per heavy atom. The third-order valence-electron chi connectivity index (χ3n) is 3.46. The van der Waals surface area contributed by atoms with Gasteiger partial charge in [-0.05, 0) is 30.5 Å². The highest BCUT2D eigenvalue weighted by Gasteiger charge is 2.30. The van der Waals surface area contributed by atoms with Gasteiger partial charge in [0.1, 0.15) is 11.4 Å². The van der Waals surface area contributed by atoms with Crippen LogP contribution in [0.1, 0.15) is 24.6 Å². The standard InChI is InChI=1S/C16H20N2O/c1-3-16(17,12-13-8-5-4-6-9-13)15-14(19-2)10-7-11-18-15/h4-11H,3,12,17H2,1-2H3. The second kappa shape index (κ2) is 5.85. The van der Waals surface area contributed by atoms with Crippen molar-refractivity contribution >= 4 is 0 Å². The number of rotatable bonds is 5. The summed E-state index contributed by atoms with van der Waals surface area (Å²) in [6, 6.07) is 14.0. The Kier molecular flexibility index (Phi) is 4.17. The number of methoxy groups -OCH3 is 1. The summed E-state index contributed by atoms with van der Waals surface area (Å²) in [5.74, 6) is 0.753. The molecule has 0 radical (unpaired) electrons. The number of nitrogens with zero attached hydrogens (tertiary/aromatic N) is 1. The first-order valence-electron chi connectivity index (χ1n) is 6.52. The molecule has 1 aromatic carbocycles. The number of hydrogen-bond acceptors (Lipinski definition) is 3. The first kappa shape index (κ1) is 13.6. The maximum absolute atomic E-state index is 6.58. The van der Waals surface area contributed by atoms with Crippen LogP contribution in [-0.4, -0.2) is 12.1 Å². The summed E-state index contributed by atoms with van der Waals surface area (Å²) in [6.07, 6.45) is 3.31. The zero-order chi connectivity index (χ0) is 13.7. The van der Waals surface area contributed by atoms with E-state index in [1.807, 2.05) is 30.3 Å². The number of hydrogen-bond donors (Lipinski definition) is 1. The summed E-state index contributed by atoms with van der Waals surface area (Å²) in [5, 5.41) is 0. The van der Waals surface area contributed by atoms with Gasteiger partial charge in [-0.25, -0.2) is 0 Å². The molecule has 0 saturated carbocycles. The molecule has 0 fully saturated rings. The molecule has 1 heterocycles. The van der Waals surface area contributed by atoms with Crippen LogP contribution in [0.15, 0.2) is 48.7 Å². The minimum atomic E-state index is -0.506. The molecule has 0 bridgehead atoms. The second-order valence-electron chi connectivity index (χ2n) is 4.73. The number of ether oxygens (including phenoxy) is 1. The summed E-state index contributed by atoms with van der Waals surface area (Å²) in [4.78, 5) is 4.44. The monoisotopic (exact) mass is 256 g/mol. The van der Waals surface area contributed by atoms with E-state index in [-0.39, 0.29) is 0 Å². The first-order valence-corrected chi connectivity index (χ1v) is 6.52. The van der Waals surface area contributed by atoms with Crippen molar-refractivity contribution in [2.24, 2.45) is 5.73 Å². The SMILES string of the molecule is CCC(N)(Cc1ccccc1)c1ncccc1OC. The van der Waals surface area contributed by atoms with Gasteiger partial charge >= 0.3 is 0 Å². The van der Waals surface area contributed by atoms with Crippen molar-refractivity contribution in [3.63, 3.8) is 0 Å². The van der Waals surface area contributed by atoms with Gasteiger partial charge in [0.2, 0.25) is 0 Å². The molecule has 100 valence electrons. The van der Waals surface area contributed by atoms with E-state index in [0.717, 1.165) is 24.3 Å². The number of nitrogens with two attached hydrogens (primary N) is 1. The van der Waals surface area contributed by atoms with Crippen molar-refractivity contribution in [3.05, 3.63) is 59.9 Å². The van der Waals surface area contributed by atoms with E-state index >= 15 is 0 Å². The highest BCUT2D eigenvalue weighted by atomic mass is 16.5. The lowest BCUT2D eigenvalue weighted by Gasteiger charge is -2.29. The van der Waals surface area contributed by atoms with E-state index in [0.29, 0.717) is 0 Å². The smallest absolute Gasteiger partial charge is 0.142 e. The Hall–Kier alpha value is -1.87. The van der Waals surface area contributed by atoms with Gasteiger partial charge in [-0.1, -0.05) is 37.3 Å². The van der Waals surface area contributed by atoms with Gasteiger partial charge in [0, 0.05) is 6.20 Å². The van der Waals surface area contributed by atoms with Gasteiger partial charge in [0.05, 0.1) is 12.6 Å². The quantitative estimate of drug-likeness (QED) is 0.894. The Balaban J connectivity index is 2.36. The third kappa shape index (κ3) is 2.93. The number of aromatic nitrogens is 1. The van der Waals surface area contributed by atoms with E-state index in [1.54, 1.807) is 13.3 Å². The normalized spacial score (nSPS) is 13.8. The summed E-state index contributed by atoms with van der Waals surface area (Å²) in [7, 11) is 1.65. The molecule has 0 aliphatic carbocycles. The Labute approximate surface area is 114 Å². The average molecular weight is 256 g/mol. The van der Waals surface area contributed by atoms with Crippen molar-refractivity contribution in [2.75, 3.05) is 7.11 Å². The summed E-state index contributed by atoms with van der Waals surface area (Å²) in [6.45, 7) is 2.08. The molecular weight excluding hydrogens is 236 g/mol. The van der Waals surface area contributed by atoms with Crippen LogP contribution in [0, 0.1) is 0 Å². The molecule has 2 N–H and O–H groups in total. The Morgan fingerprint density at radius 3 is 2.53 bits per heavy atom. The van der Waals surface area contributed by atoms with Crippen LogP contribution >= 0.6 is 0 Å². The van der Waals surface area contributed by atoms with Gasteiger partial charge in [-0.3, -0.25) is 4.98 Å². The van der Waals surface area contributed by atoms with Crippen molar-refractivity contribution in [3.8, 4) is 5.75 Å². The second-order valence-corrected chi connectivity index (χ2v) is 4.73. The molecule has 19 heavy (non-hydrogen) atoms. The maximum atomic E-state index is 6.58. The van der Waals surface area contributed by atoms with E-state index in [9.17, 15) is 0 Å². The largest absolute Gasteiger partial charge is 0.495 e. The van der Waals surface area contributed by atoms with E-state index < -0.39 is 5.54 Å². The molecule has 1 unspecified atom stereocenters. The van der Waals surface area contributed by atoms with Crippen LogP contribution in [0.2, 0.25) is 0 Å². The highest BCUT2D eigenvalue weighted by Crippen LogP contribution is 2.31. The topological polar surface area (TPSA) is 48.1 Å². The zero-order valence-electron chi connectivity index (χ0n) is 11.5. The molecule has 0 aliphatic rings. The van der Waals surface area contributed by atoms with Crippen molar-refractivity contribution in [2.45, 2.75) is 25.3 Å². The van der Waals surface area contributed by atoms with Crippen molar-refractivity contribution in [1.29, 1.82) is 0 Å². The summed E-state index contributed by atoms with van der Waals surface area (Å²) >= 11 is 0. The van der Waals surface area contributed by atoms with Crippen LogP contribution in [0.3, 0.4) is 0 Å². The predicted molar refractivity (Wildman–Crippen MR) is 77.1 cm³/mol. The fourth-order valence-corrected chi connectivity index (χ4v) is 2.27. The molecule has 0 aliphatic heterocycles. The van der Waals surface area contributed by atoms with Gasteiger partial charge in [-0.15, -0.1) is 0 Å². The number of pyridine rings is 1. The molecule has 1 aromatic heterocycles. The van der Waals surface area contributed by atoms with Crippen molar-refractivity contribution < 1.29 is 4.74 Å². The minimum Gasteiger partial charge on any atom is -0.495 e. The molecule has 0 spiro atoms. The fourth-order valence-electron chi connectivity index (χ4n) is 2.27. The molecule has 0 amide bonds. The van der Waals surface area contributed by atoms with Crippen LogP contribution in [-0.2, 0) is 12.0 Å². The van der Waals surface area contributed by atoms with Crippen LogP contribution in [0.5, 0.6) is 5.75 Å². The van der Waals surface area contributed by atoms with E-state index in [2.05, 4.69) is 24.0 Å². The summed E-state index contributed by atoms with van der Waals surface area (Å²) in [5.41, 5.74) is 8.11. The van der Waals surface area contributed by atoms with Gasteiger partial charge in [0.15, 0.2) is 0 Å². The molecule has 0 saturated heterocycles. The molecule has 3 heteroatoms. The fraction of sp³-hybridized carbons (Fsp3) is 0.312. The lowest BCUT2D eigenvalue weighted by molar-refractivity contribution is 0.358. The first-order chi connectivity index (χ1) is 9.19.